The van der Waals surface area contributed by atoms with Gasteiger partial charge in [-0.1, -0.05) is 47.5 Å². The van der Waals surface area contributed by atoms with Crippen LogP contribution >= 0.6 is 0 Å². The van der Waals surface area contributed by atoms with Gasteiger partial charge in [0, 0.05) is 11.1 Å². The standard InChI is InChI=1S/C19H18N2/c1-13-6-4-8-16(10-13)18-12-19(21-15(3)20-18)17-9-5-7-14(2)11-17/h4-12H,1-3H3. The van der Waals surface area contributed by atoms with E-state index in [2.05, 4.69) is 78.4 Å². The number of aryl methyl sites for hydroxylation is 3. The molecule has 0 atom stereocenters. The molecule has 104 valence electrons. The number of benzene rings is 2. The second-order valence-electron chi connectivity index (χ2n) is 5.42. The Morgan fingerprint density at radius 2 is 1.10 bits per heavy atom. The zero-order valence-electron chi connectivity index (χ0n) is 12.6. The minimum Gasteiger partial charge on any atom is -0.233 e. The van der Waals surface area contributed by atoms with Crippen LogP contribution in [0, 0.1) is 20.8 Å². The molecule has 0 spiro atoms. The molecule has 2 heteroatoms. The number of aromatic nitrogens is 2. The molecule has 3 aromatic rings. The van der Waals surface area contributed by atoms with Gasteiger partial charge in [0.15, 0.2) is 0 Å². The van der Waals surface area contributed by atoms with Gasteiger partial charge in [-0.2, -0.15) is 0 Å². The molecular weight excluding hydrogens is 256 g/mol. The van der Waals surface area contributed by atoms with Crippen molar-refractivity contribution in [2.45, 2.75) is 20.8 Å². The molecule has 1 aromatic heterocycles. The normalized spacial score (nSPS) is 10.6. The minimum atomic E-state index is 0.797. The molecule has 2 aromatic carbocycles. The van der Waals surface area contributed by atoms with E-state index >= 15 is 0 Å². The Morgan fingerprint density at radius 3 is 1.52 bits per heavy atom. The van der Waals surface area contributed by atoms with Crippen molar-refractivity contribution in [1.82, 2.24) is 9.97 Å². The van der Waals surface area contributed by atoms with E-state index in [4.69, 9.17) is 0 Å². The molecule has 21 heavy (non-hydrogen) atoms. The molecule has 0 unspecified atom stereocenters. The van der Waals surface area contributed by atoms with Crippen molar-refractivity contribution in [3.8, 4) is 22.5 Å². The third kappa shape index (κ3) is 3.00. The Labute approximate surface area is 125 Å². The Bertz CT molecular complexity index is 727. The molecule has 0 saturated heterocycles. The molecule has 1 heterocycles. The second kappa shape index (κ2) is 5.49. The van der Waals surface area contributed by atoms with Crippen LogP contribution in [0.2, 0.25) is 0 Å². The summed E-state index contributed by atoms with van der Waals surface area (Å²) >= 11 is 0. The van der Waals surface area contributed by atoms with Crippen LogP contribution < -0.4 is 0 Å². The van der Waals surface area contributed by atoms with Gasteiger partial charge in [-0.15, -0.1) is 0 Å². The summed E-state index contributed by atoms with van der Waals surface area (Å²) < 4.78 is 0. The predicted octanol–water partition coefficient (Wildman–Crippen LogP) is 4.74. The molecule has 0 radical (unpaired) electrons. The van der Waals surface area contributed by atoms with Gasteiger partial charge in [0.1, 0.15) is 5.82 Å². The highest BCUT2D eigenvalue weighted by Crippen LogP contribution is 2.24. The first-order chi connectivity index (χ1) is 10.1. The van der Waals surface area contributed by atoms with E-state index in [0.29, 0.717) is 0 Å². The Kier molecular flexibility index (Phi) is 3.53. The van der Waals surface area contributed by atoms with Crippen LogP contribution in [0.5, 0.6) is 0 Å². The lowest BCUT2D eigenvalue weighted by Gasteiger charge is -2.08. The van der Waals surface area contributed by atoms with Crippen LogP contribution in [0.3, 0.4) is 0 Å². The van der Waals surface area contributed by atoms with Crippen LogP contribution in [0.1, 0.15) is 17.0 Å². The summed E-state index contributed by atoms with van der Waals surface area (Å²) in [6.45, 7) is 6.14. The largest absolute Gasteiger partial charge is 0.233 e. The van der Waals surface area contributed by atoms with Gasteiger partial charge in [-0.25, -0.2) is 9.97 Å². The molecule has 0 aliphatic carbocycles. The fourth-order valence-electron chi connectivity index (χ4n) is 2.47. The predicted molar refractivity (Wildman–Crippen MR) is 87.1 cm³/mol. The molecule has 0 aliphatic rings. The molecule has 2 nitrogen and oxygen atoms in total. The first-order valence-corrected chi connectivity index (χ1v) is 7.11. The maximum absolute atomic E-state index is 4.58. The highest BCUT2D eigenvalue weighted by atomic mass is 14.9. The number of hydrogen-bond acceptors (Lipinski definition) is 2. The van der Waals surface area contributed by atoms with Crippen molar-refractivity contribution in [2.24, 2.45) is 0 Å². The monoisotopic (exact) mass is 274 g/mol. The lowest BCUT2D eigenvalue weighted by atomic mass is 10.0. The average Bonchev–Trinajstić information content (AvgIpc) is 2.46. The van der Waals surface area contributed by atoms with Gasteiger partial charge in [0.2, 0.25) is 0 Å². The van der Waals surface area contributed by atoms with Crippen LogP contribution in [0.4, 0.5) is 0 Å². The van der Waals surface area contributed by atoms with Gasteiger partial charge >= 0.3 is 0 Å². The van der Waals surface area contributed by atoms with Gasteiger partial charge < -0.3 is 0 Å². The maximum Gasteiger partial charge on any atom is 0.126 e. The third-order valence-electron chi connectivity index (χ3n) is 3.47. The summed E-state index contributed by atoms with van der Waals surface area (Å²) in [5, 5.41) is 0. The number of nitrogens with zero attached hydrogens (tertiary/aromatic N) is 2. The second-order valence-corrected chi connectivity index (χ2v) is 5.42. The van der Waals surface area contributed by atoms with E-state index in [9.17, 15) is 0 Å². The lowest BCUT2D eigenvalue weighted by molar-refractivity contribution is 1.06. The highest BCUT2D eigenvalue weighted by molar-refractivity contribution is 5.68. The first kappa shape index (κ1) is 13.5. The smallest absolute Gasteiger partial charge is 0.126 e. The van der Waals surface area contributed by atoms with E-state index in [0.717, 1.165) is 28.3 Å². The van der Waals surface area contributed by atoms with Crippen molar-refractivity contribution in [2.75, 3.05) is 0 Å². The van der Waals surface area contributed by atoms with Gasteiger partial charge in [-0.05, 0) is 39.0 Å². The van der Waals surface area contributed by atoms with Crippen molar-refractivity contribution in [3.63, 3.8) is 0 Å². The summed E-state index contributed by atoms with van der Waals surface area (Å²) in [5.41, 5.74) is 6.69. The van der Waals surface area contributed by atoms with Crippen molar-refractivity contribution >= 4 is 0 Å². The summed E-state index contributed by atoms with van der Waals surface area (Å²) in [5.74, 6) is 0.797. The maximum atomic E-state index is 4.58. The van der Waals surface area contributed by atoms with E-state index in [1.807, 2.05) is 6.92 Å². The fraction of sp³-hybridized carbons (Fsp3) is 0.158. The summed E-state index contributed by atoms with van der Waals surface area (Å²) in [7, 11) is 0. The highest BCUT2D eigenvalue weighted by Gasteiger charge is 2.07. The summed E-state index contributed by atoms with van der Waals surface area (Å²) in [6, 6.07) is 18.9. The molecule has 3 rings (SSSR count). The van der Waals surface area contributed by atoms with Crippen LogP contribution in [0.15, 0.2) is 54.6 Å². The van der Waals surface area contributed by atoms with E-state index in [1.54, 1.807) is 0 Å². The van der Waals surface area contributed by atoms with Gasteiger partial charge in [0.25, 0.3) is 0 Å². The Balaban J connectivity index is 2.12. The minimum absolute atomic E-state index is 0.797. The lowest BCUT2D eigenvalue weighted by Crippen LogP contribution is -1.95. The summed E-state index contributed by atoms with van der Waals surface area (Å²) in [6.07, 6.45) is 0. The van der Waals surface area contributed by atoms with Gasteiger partial charge in [0.05, 0.1) is 11.4 Å². The SMILES string of the molecule is Cc1cccc(-c2cc(-c3cccc(C)c3)nc(C)n2)c1. The topological polar surface area (TPSA) is 25.8 Å². The van der Waals surface area contributed by atoms with Crippen molar-refractivity contribution in [1.29, 1.82) is 0 Å². The number of rotatable bonds is 2. The molecule has 0 aliphatic heterocycles. The molecule has 0 fully saturated rings. The zero-order chi connectivity index (χ0) is 14.8. The number of hydrogen-bond donors (Lipinski definition) is 0. The molecule has 0 saturated carbocycles. The van der Waals surface area contributed by atoms with E-state index in [-0.39, 0.29) is 0 Å². The van der Waals surface area contributed by atoms with Crippen molar-refractivity contribution < 1.29 is 0 Å². The quantitative estimate of drug-likeness (QED) is 0.674. The van der Waals surface area contributed by atoms with Crippen molar-refractivity contribution in [3.05, 3.63) is 71.5 Å². The van der Waals surface area contributed by atoms with Crippen LogP contribution in [0.25, 0.3) is 22.5 Å². The first-order valence-electron chi connectivity index (χ1n) is 7.11. The van der Waals surface area contributed by atoms with Gasteiger partial charge in [-0.3, -0.25) is 0 Å². The molecule has 0 N–H and O–H groups in total. The van der Waals surface area contributed by atoms with E-state index < -0.39 is 0 Å². The Hall–Kier alpha value is -2.48. The van der Waals surface area contributed by atoms with Crippen LogP contribution in [-0.2, 0) is 0 Å². The molecular formula is C19H18N2. The van der Waals surface area contributed by atoms with Crippen LogP contribution in [-0.4, -0.2) is 9.97 Å². The molecule has 0 bridgehead atoms. The fourth-order valence-corrected chi connectivity index (χ4v) is 2.47. The summed E-state index contributed by atoms with van der Waals surface area (Å²) in [4.78, 5) is 9.16. The Morgan fingerprint density at radius 1 is 0.619 bits per heavy atom. The molecule has 0 amide bonds. The zero-order valence-corrected chi connectivity index (χ0v) is 12.6. The average molecular weight is 274 g/mol. The third-order valence-corrected chi connectivity index (χ3v) is 3.47. The van der Waals surface area contributed by atoms with E-state index in [1.165, 1.54) is 11.1 Å².